The highest BCUT2D eigenvalue weighted by Crippen LogP contribution is 2.54. The van der Waals surface area contributed by atoms with Crippen molar-refractivity contribution in [3.05, 3.63) is 69.8 Å². The molecule has 126 valence electrons. The number of hydrogen-bond donors (Lipinski definition) is 1. The highest BCUT2D eigenvalue weighted by Gasteiger charge is 2.54. The number of phenols is 1. The van der Waals surface area contributed by atoms with Gasteiger partial charge in [0.05, 0.1) is 5.57 Å². The van der Waals surface area contributed by atoms with Crippen molar-refractivity contribution in [1.82, 2.24) is 0 Å². The van der Waals surface area contributed by atoms with Gasteiger partial charge in [0.2, 0.25) is 5.79 Å². The first-order chi connectivity index (χ1) is 12.0. The number of methoxy groups -OCH3 is 2. The Morgan fingerprint density at radius 1 is 0.960 bits per heavy atom. The third-order valence-corrected chi connectivity index (χ3v) is 4.89. The molecule has 0 atom stereocenters. The zero-order chi connectivity index (χ0) is 17.9. The van der Waals surface area contributed by atoms with E-state index < -0.39 is 5.79 Å². The zero-order valence-electron chi connectivity index (χ0n) is 14.0. The van der Waals surface area contributed by atoms with E-state index >= 15 is 0 Å². The molecule has 0 radical (unpaired) electrons. The third kappa shape index (κ3) is 1.79. The number of aryl methyl sites for hydroxylation is 1. The molecule has 5 nitrogen and oxygen atoms in total. The van der Waals surface area contributed by atoms with Crippen molar-refractivity contribution in [2.75, 3.05) is 14.2 Å². The highest BCUT2D eigenvalue weighted by molar-refractivity contribution is 6.42. The minimum Gasteiger partial charge on any atom is -0.507 e. The predicted molar refractivity (Wildman–Crippen MR) is 90.6 cm³/mol. The first-order valence-corrected chi connectivity index (χ1v) is 7.84. The van der Waals surface area contributed by atoms with E-state index in [1.807, 2.05) is 6.92 Å². The number of Topliss-reactive ketones (excluding diaryl/α,β-unsaturated/α-hetero) is 2. The van der Waals surface area contributed by atoms with E-state index in [1.54, 1.807) is 36.4 Å². The Balaban J connectivity index is 2.13. The van der Waals surface area contributed by atoms with Crippen LogP contribution < -0.4 is 0 Å². The van der Waals surface area contributed by atoms with Gasteiger partial charge < -0.3 is 14.6 Å². The van der Waals surface area contributed by atoms with Crippen LogP contribution in [-0.2, 0) is 15.3 Å². The van der Waals surface area contributed by atoms with Gasteiger partial charge in [-0.1, -0.05) is 24.3 Å². The molecule has 0 spiro atoms. The van der Waals surface area contributed by atoms with E-state index in [2.05, 4.69) is 0 Å². The average Bonchev–Trinajstić information content (AvgIpc) is 2.91. The SMILES string of the molecule is COC1(OC)C2=C(C(=O)c3ccccc3C2=O)c2c(O)cc(C)cc21. The largest absolute Gasteiger partial charge is 0.507 e. The second-order valence-corrected chi connectivity index (χ2v) is 6.19. The molecule has 0 heterocycles. The van der Waals surface area contributed by atoms with Crippen molar-refractivity contribution in [3.63, 3.8) is 0 Å². The van der Waals surface area contributed by atoms with Crippen LogP contribution in [0.3, 0.4) is 0 Å². The average molecular weight is 336 g/mol. The van der Waals surface area contributed by atoms with Gasteiger partial charge in [-0.15, -0.1) is 0 Å². The molecule has 2 aliphatic carbocycles. The van der Waals surface area contributed by atoms with Crippen molar-refractivity contribution in [1.29, 1.82) is 0 Å². The van der Waals surface area contributed by atoms with E-state index in [9.17, 15) is 14.7 Å². The number of ketones is 2. The lowest BCUT2D eigenvalue weighted by molar-refractivity contribution is -0.181. The first-order valence-electron chi connectivity index (χ1n) is 7.84. The summed E-state index contributed by atoms with van der Waals surface area (Å²) in [7, 11) is 2.84. The van der Waals surface area contributed by atoms with Crippen LogP contribution in [0.5, 0.6) is 5.75 Å². The number of rotatable bonds is 2. The van der Waals surface area contributed by atoms with E-state index in [1.165, 1.54) is 14.2 Å². The number of fused-ring (bicyclic) bond motifs is 3. The standard InChI is InChI=1S/C20H16O5/c1-10-8-13-15(14(21)9-10)16-17(20(13,24-2)25-3)19(23)12-7-5-4-6-11(12)18(16)22/h4-9,21H,1-3H3. The van der Waals surface area contributed by atoms with Crippen LogP contribution >= 0.6 is 0 Å². The lowest BCUT2D eigenvalue weighted by Gasteiger charge is -2.31. The van der Waals surface area contributed by atoms with Crippen LogP contribution in [0.25, 0.3) is 5.57 Å². The maximum Gasteiger partial charge on any atom is 0.227 e. The zero-order valence-corrected chi connectivity index (χ0v) is 14.0. The number of allylic oxidation sites excluding steroid dienone is 1. The highest BCUT2D eigenvalue weighted by atomic mass is 16.7. The fraction of sp³-hybridized carbons (Fsp3) is 0.200. The topological polar surface area (TPSA) is 72.8 Å². The van der Waals surface area contributed by atoms with Crippen LogP contribution in [-0.4, -0.2) is 30.9 Å². The van der Waals surface area contributed by atoms with Gasteiger partial charge in [0.25, 0.3) is 0 Å². The maximum atomic E-state index is 13.2. The summed E-state index contributed by atoms with van der Waals surface area (Å²) in [5, 5.41) is 10.5. The molecule has 2 aliphatic rings. The van der Waals surface area contributed by atoms with Crippen LogP contribution in [0.4, 0.5) is 0 Å². The number of carbonyl (C=O) groups is 2. The van der Waals surface area contributed by atoms with Gasteiger partial charge in [-0.2, -0.15) is 0 Å². The van der Waals surface area contributed by atoms with E-state index in [4.69, 9.17) is 9.47 Å². The molecule has 0 saturated carbocycles. The summed E-state index contributed by atoms with van der Waals surface area (Å²) in [5.74, 6) is -2.24. The smallest absolute Gasteiger partial charge is 0.227 e. The Morgan fingerprint density at radius 2 is 1.56 bits per heavy atom. The summed E-state index contributed by atoms with van der Waals surface area (Å²) in [6.45, 7) is 1.81. The van der Waals surface area contributed by atoms with Crippen LogP contribution in [0.2, 0.25) is 0 Å². The molecule has 0 bridgehead atoms. The quantitative estimate of drug-likeness (QED) is 0.854. The number of aromatic hydroxyl groups is 1. The van der Waals surface area contributed by atoms with Crippen molar-refractivity contribution in [2.45, 2.75) is 12.7 Å². The molecule has 0 amide bonds. The van der Waals surface area contributed by atoms with Crippen LogP contribution in [0.15, 0.2) is 42.0 Å². The van der Waals surface area contributed by atoms with Gasteiger partial charge in [-0.3, -0.25) is 9.59 Å². The third-order valence-electron chi connectivity index (χ3n) is 4.89. The molecular weight excluding hydrogens is 320 g/mol. The monoisotopic (exact) mass is 336 g/mol. The van der Waals surface area contributed by atoms with Gasteiger partial charge in [-0.25, -0.2) is 0 Å². The Kier molecular flexibility index (Phi) is 3.22. The van der Waals surface area contributed by atoms with Gasteiger partial charge in [0.1, 0.15) is 5.75 Å². The van der Waals surface area contributed by atoms with Gasteiger partial charge in [0.15, 0.2) is 11.6 Å². The Bertz CT molecular complexity index is 980. The molecular formula is C20H16O5. The fourth-order valence-corrected chi connectivity index (χ4v) is 3.86. The molecule has 25 heavy (non-hydrogen) atoms. The number of carbonyl (C=O) groups excluding carboxylic acids is 2. The molecule has 0 aliphatic heterocycles. The van der Waals surface area contributed by atoms with Crippen molar-refractivity contribution >= 4 is 17.1 Å². The Morgan fingerprint density at radius 3 is 2.16 bits per heavy atom. The molecule has 4 rings (SSSR count). The van der Waals surface area contributed by atoms with E-state index in [-0.39, 0.29) is 28.5 Å². The lowest BCUT2D eigenvalue weighted by atomic mass is 9.83. The second kappa shape index (κ2) is 5.12. The van der Waals surface area contributed by atoms with E-state index in [0.717, 1.165) is 5.56 Å². The lowest BCUT2D eigenvalue weighted by Crippen LogP contribution is -2.36. The Hall–Kier alpha value is -2.76. The number of phenolic OH excluding ortho intramolecular Hbond substituents is 1. The van der Waals surface area contributed by atoms with Crippen molar-refractivity contribution in [3.8, 4) is 5.75 Å². The van der Waals surface area contributed by atoms with Gasteiger partial charge in [-0.05, 0) is 24.6 Å². The van der Waals surface area contributed by atoms with E-state index in [0.29, 0.717) is 22.3 Å². The fourth-order valence-electron chi connectivity index (χ4n) is 3.86. The summed E-state index contributed by atoms with van der Waals surface area (Å²) >= 11 is 0. The van der Waals surface area contributed by atoms with Crippen molar-refractivity contribution < 1.29 is 24.2 Å². The first kappa shape index (κ1) is 15.7. The molecule has 2 aromatic rings. The normalized spacial score (nSPS) is 17.4. The molecule has 0 saturated heterocycles. The number of ether oxygens (including phenoxy) is 2. The summed E-state index contributed by atoms with van der Waals surface area (Å²) in [5.41, 5.74) is 2.45. The van der Waals surface area contributed by atoms with Gasteiger partial charge in [0, 0.05) is 42.0 Å². The van der Waals surface area contributed by atoms with Crippen LogP contribution in [0, 0.1) is 6.92 Å². The molecule has 5 heteroatoms. The summed E-state index contributed by atoms with van der Waals surface area (Å²) in [6, 6.07) is 9.98. The number of benzene rings is 2. The minimum atomic E-state index is -1.52. The summed E-state index contributed by atoms with van der Waals surface area (Å²) in [4.78, 5) is 26.3. The molecule has 0 unspecified atom stereocenters. The summed E-state index contributed by atoms with van der Waals surface area (Å²) in [6.07, 6.45) is 0. The molecule has 1 N–H and O–H groups in total. The number of hydrogen-bond acceptors (Lipinski definition) is 5. The Labute approximate surface area is 144 Å². The molecule has 0 fully saturated rings. The maximum absolute atomic E-state index is 13.2. The predicted octanol–water partition coefficient (Wildman–Crippen LogP) is 2.99. The van der Waals surface area contributed by atoms with Crippen molar-refractivity contribution in [2.24, 2.45) is 0 Å². The van der Waals surface area contributed by atoms with Gasteiger partial charge >= 0.3 is 0 Å². The second-order valence-electron chi connectivity index (χ2n) is 6.19. The van der Waals surface area contributed by atoms with Crippen LogP contribution in [0.1, 0.15) is 37.4 Å². The minimum absolute atomic E-state index is 0.0704. The molecule has 2 aromatic carbocycles. The molecule has 0 aromatic heterocycles. The summed E-state index contributed by atoms with van der Waals surface area (Å²) < 4.78 is 11.2.